The molecule has 35 heavy (non-hydrogen) atoms. The molecule has 3 aromatic rings. The van der Waals surface area contributed by atoms with Crippen molar-refractivity contribution in [3.05, 3.63) is 87.9 Å². The lowest BCUT2D eigenvalue weighted by molar-refractivity contribution is -0.115. The molecule has 0 fully saturated rings. The van der Waals surface area contributed by atoms with Crippen LogP contribution in [0, 0.1) is 6.92 Å². The van der Waals surface area contributed by atoms with Crippen LogP contribution in [0.4, 0.5) is 11.4 Å². The maximum Gasteiger partial charge on any atom is 0.336 e. The van der Waals surface area contributed by atoms with Gasteiger partial charge in [-0.25, -0.2) is 9.59 Å². The topological polar surface area (TPSA) is 133 Å². The molecule has 0 heterocycles. The zero-order valence-corrected chi connectivity index (χ0v) is 20.2. The van der Waals surface area contributed by atoms with Gasteiger partial charge in [0, 0.05) is 21.3 Å². The first kappa shape index (κ1) is 25.8. The average molecular weight is 513 g/mol. The number of aryl methyl sites for hydroxylation is 1. The summed E-state index contributed by atoms with van der Waals surface area (Å²) >= 11 is 7.33. The van der Waals surface area contributed by atoms with E-state index in [1.807, 2.05) is 13.0 Å². The highest BCUT2D eigenvalue weighted by Gasteiger charge is 2.20. The van der Waals surface area contributed by atoms with Gasteiger partial charge in [0.15, 0.2) is 0 Å². The molecule has 0 aliphatic heterocycles. The Morgan fingerprint density at radius 3 is 2.17 bits per heavy atom. The molecule has 8 nitrogen and oxygen atoms in total. The number of carbonyl (C=O) groups excluding carboxylic acids is 2. The Hall–Kier alpha value is -3.82. The summed E-state index contributed by atoms with van der Waals surface area (Å²) in [5, 5.41) is 24.0. The minimum Gasteiger partial charge on any atom is -0.478 e. The number of anilines is 2. The smallest absolute Gasteiger partial charge is 0.336 e. The monoisotopic (exact) mass is 512 g/mol. The molecule has 0 aliphatic carbocycles. The van der Waals surface area contributed by atoms with Crippen LogP contribution in [0.25, 0.3) is 0 Å². The van der Waals surface area contributed by atoms with Crippen LogP contribution in [0.1, 0.15) is 43.6 Å². The second-order valence-electron chi connectivity index (χ2n) is 7.56. The van der Waals surface area contributed by atoms with E-state index in [0.29, 0.717) is 16.4 Å². The van der Waals surface area contributed by atoms with Crippen molar-refractivity contribution in [3.63, 3.8) is 0 Å². The number of carboxylic acids is 2. The number of halogens is 1. The molecule has 3 aromatic carbocycles. The first-order valence-corrected chi connectivity index (χ1v) is 11.6. The maximum absolute atomic E-state index is 12.6. The summed E-state index contributed by atoms with van der Waals surface area (Å²) in [7, 11) is 0. The van der Waals surface area contributed by atoms with E-state index in [2.05, 4.69) is 10.6 Å². The quantitative estimate of drug-likeness (QED) is 0.296. The molecule has 1 unspecified atom stereocenters. The van der Waals surface area contributed by atoms with Crippen LogP contribution in [0.5, 0.6) is 0 Å². The van der Waals surface area contributed by atoms with Crippen LogP contribution in [0.15, 0.2) is 65.6 Å². The van der Waals surface area contributed by atoms with Gasteiger partial charge in [-0.05, 0) is 74.0 Å². The molecule has 4 N–H and O–H groups in total. The molecule has 10 heteroatoms. The van der Waals surface area contributed by atoms with Gasteiger partial charge in [0.2, 0.25) is 5.91 Å². The number of amides is 2. The molecule has 0 spiro atoms. The lowest BCUT2D eigenvalue weighted by Crippen LogP contribution is -2.22. The van der Waals surface area contributed by atoms with E-state index in [9.17, 15) is 24.3 Å². The van der Waals surface area contributed by atoms with Crippen molar-refractivity contribution >= 4 is 58.5 Å². The van der Waals surface area contributed by atoms with E-state index in [1.54, 1.807) is 43.3 Å². The third kappa shape index (κ3) is 6.62. The summed E-state index contributed by atoms with van der Waals surface area (Å²) in [6, 6.07) is 15.2. The number of rotatable bonds is 8. The Morgan fingerprint density at radius 1 is 0.857 bits per heavy atom. The fourth-order valence-corrected chi connectivity index (χ4v) is 4.13. The molecule has 0 saturated carbocycles. The Balaban J connectivity index is 1.65. The number of hydrogen-bond donors (Lipinski definition) is 4. The molecule has 0 aromatic heterocycles. The first-order chi connectivity index (χ1) is 16.5. The van der Waals surface area contributed by atoms with E-state index >= 15 is 0 Å². The van der Waals surface area contributed by atoms with Gasteiger partial charge >= 0.3 is 11.9 Å². The van der Waals surface area contributed by atoms with Crippen LogP contribution in [0.3, 0.4) is 0 Å². The van der Waals surface area contributed by atoms with Crippen molar-refractivity contribution in [2.45, 2.75) is 24.0 Å². The van der Waals surface area contributed by atoms with Crippen LogP contribution < -0.4 is 10.6 Å². The van der Waals surface area contributed by atoms with E-state index in [1.165, 1.54) is 17.8 Å². The Labute approximate surface area is 210 Å². The zero-order valence-electron chi connectivity index (χ0n) is 18.7. The Bertz CT molecular complexity index is 1310. The molecule has 0 saturated heterocycles. The lowest BCUT2D eigenvalue weighted by Gasteiger charge is -2.14. The summed E-state index contributed by atoms with van der Waals surface area (Å²) in [5.41, 5.74) is 1.13. The highest BCUT2D eigenvalue weighted by molar-refractivity contribution is 8.00. The molecule has 180 valence electrons. The van der Waals surface area contributed by atoms with Gasteiger partial charge in [-0.2, -0.15) is 0 Å². The number of carboxylic acid groups (broad SMARTS) is 2. The number of nitrogens with one attached hydrogen (secondary N) is 2. The van der Waals surface area contributed by atoms with E-state index in [-0.39, 0.29) is 17.0 Å². The minimum atomic E-state index is -1.41. The summed E-state index contributed by atoms with van der Waals surface area (Å²) in [4.78, 5) is 48.6. The van der Waals surface area contributed by atoms with E-state index in [0.717, 1.165) is 22.6 Å². The number of benzene rings is 3. The van der Waals surface area contributed by atoms with E-state index in [4.69, 9.17) is 16.7 Å². The average Bonchev–Trinajstić information content (AvgIpc) is 2.82. The molecule has 0 aliphatic rings. The second-order valence-corrected chi connectivity index (χ2v) is 9.41. The van der Waals surface area contributed by atoms with Crippen molar-refractivity contribution in [3.8, 4) is 0 Å². The predicted molar refractivity (Wildman–Crippen MR) is 135 cm³/mol. The Kier molecular flexibility index (Phi) is 8.16. The van der Waals surface area contributed by atoms with Crippen molar-refractivity contribution in [2.24, 2.45) is 0 Å². The van der Waals surface area contributed by atoms with Gasteiger partial charge in [0.1, 0.15) is 0 Å². The molecular formula is C25H21ClN2O6S. The van der Waals surface area contributed by atoms with Gasteiger partial charge in [-0.3, -0.25) is 9.59 Å². The maximum atomic E-state index is 12.6. The highest BCUT2D eigenvalue weighted by Crippen LogP contribution is 2.27. The second kappa shape index (κ2) is 11.1. The molecular weight excluding hydrogens is 492 g/mol. The third-order valence-electron chi connectivity index (χ3n) is 4.99. The molecule has 2 amide bonds. The van der Waals surface area contributed by atoms with Gasteiger partial charge in [0.25, 0.3) is 5.91 Å². The van der Waals surface area contributed by atoms with Gasteiger partial charge < -0.3 is 20.8 Å². The molecule has 1 atom stereocenters. The summed E-state index contributed by atoms with van der Waals surface area (Å²) in [6.45, 7) is 3.64. The summed E-state index contributed by atoms with van der Waals surface area (Å²) in [6.07, 6.45) is 0. The Morgan fingerprint density at radius 2 is 1.54 bits per heavy atom. The zero-order chi connectivity index (χ0) is 25.7. The van der Waals surface area contributed by atoms with Gasteiger partial charge in [0.05, 0.1) is 21.9 Å². The van der Waals surface area contributed by atoms with Crippen molar-refractivity contribution in [1.29, 1.82) is 0 Å². The first-order valence-electron chi connectivity index (χ1n) is 10.3. The summed E-state index contributed by atoms with van der Waals surface area (Å²) < 4.78 is 0. The SMILES string of the molecule is Cc1ccc(Cl)cc1NC(=O)C(C)Sc1ccc(NC(=O)c2ccc(C(=O)O)cc2C(=O)O)cc1. The standard InChI is InChI=1S/C25H21ClN2O6S/c1-13-3-5-16(26)12-21(13)28-22(29)14(2)35-18-8-6-17(7-9-18)27-23(30)19-10-4-15(24(31)32)11-20(19)25(33)34/h3-12,14H,1-2H3,(H,27,30)(H,28,29)(H,31,32)(H,33,34). The minimum absolute atomic E-state index is 0.164. The van der Waals surface area contributed by atoms with Crippen molar-refractivity contribution < 1.29 is 29.4 Å². The van der Waals surface area contributed by atoms with Gasteiger partial charge in [-0.1, -0.05) is 17.7 Å². The van der Waals surface area contributed by atoms with Crippen LogP contribution in [-0.2, 0) is 4.79 Å². The normalized spacial score (nSPS) is 11.4. The molecule has 0 radical (unpaired) electrons. The molecule has 0 bridgehead atoms. The third-order valence-corrected chi connectivity index (χ3v) is 6.34. The number of aromatic carboxylic acids is 2. The van der Waals surface area contributed by atoms with Crippen molar-refractivity contribution in [1.82, 2.24) is 0 Å². The fourth-order valence-electron chi connectivity index (χ4n) is 3.09. The van der Waals surface area contributed by atoms with Gasteiger partial charge in [-0.15, -0.1) is 11.8 Å². The molecule has 3 rings (SSSR count). The number of hydrogen-bond acceptors (Lipinski definition) is 5. The van der Waals surface area contributed by atoms with Crippen LogP contribution in [0.2, 0.25) is 5.02 Å². The lowest BCUT2D eigenvalue weighted by atomic mass is 10.0. The predicted octanol–water partition coefficient (Wildman–Crippen LogP) is 5.42. The highest BCUT2D eigenvalue weighted by atomic mass is 35.5. The fraction of sp³-hybridized carbons (Fsp3) is 0.120. The largest absolute Gasteiger partial charge is 0.478 e. The van der Waals surface area contributed by atoms with Crippen LogP contribution in [-0.4, -0.2) is 39.2 Å². The van der Waals surface area contributed by atoms with Crippen molar-refractivity contribution in [2.75, 3.05) is 10.6 Å². The number of thioether (sulfide) groups is 1. The summed E-state index contributed by atoms with van der Waals surface area (Å²) in [5.74, 6) is -3.59. The van der Waals surface area contributed by atoms with E-state index < -0.39 is 28.7 Å². The number of carbonyl (C=O) groups is 4. The van der Waals surface area contributed by atoms with Crippen LogP contribution >= 0.6 is 23.4 Å².